The molecule has 2 N–H and O–H groups in total. The molecule has 4 heteroatoms. The second-order valence-corrected chi connectivity index (χ2v) is 4.24. The van der Waals surface area contributed by atoms with Gasteiger partial charge in [-0.05, 0) is 24.3 Å². The van der Waals surface area contributed by atoms with E-state index in [1.54, 1.807) is 12.2 Å². The van der Waals surface area contributed by atoms with E-state index in [1.165, 1.54) is 6.08 Å². The fourth-order valence-electron chi connectivity index (χ4n) is 2.44. The topological polar surface area (TPSA) is 57.5 Å². The van der Waals surface area contributed by atoms with Gasteiger partial charge in [0.2, 0.25) is 0 Å². The lowest BCUT2D eigenvalue weighted by Crippen LogP contribution is -2.28. The van der Waals surface area contributed by atoms with Gasteiger partial charge in [0.1, 0.15) is 5.83 Å². The van der Waals surface area contributed by atoms with Gasteiger partial charge in [-0.25, -0.2) is 4.39 Å². The standard InChI is InChI=1S/C11H13FO3/c12-9-3-1-2-7(4-9)11(10(14)15)5-8(11)6-13/h1-3,7-8,13H,4-6H2,(H,14,15)/t7?,8-,11+/m0/s1. The van der Waals surface area contributed by atoms with Crippen molar-refractivity contribution in [2.75, 3.05) is 6.61 Å². The average Bonchev–Trinajstić information content (AvgIpc) is 2.93. The van der Waals surface area contributed by atoms with Gasteiger partial charge < -0.3 is 10.2 Å². The molecule has 0 amide bonds. The fourth-order valence-corrected chi connectivity index (χ4v) is 2.44. The third-order valence-electron chi connectivity index (χ3n) is 3.47. The molecule has 2 aliphatic carbocycles. The van der Waals surface area contributed by atoms with Crippen LogP contribution in [0.4, 0.5) is 4.39 Å². The zero-order valence-corrected chi connectivity index (χ0v) is 8.19. The third-order valence-corrected chi connectivity index (χ3v) is 3.47. The van der Waals surface area contributed by atoms with Gasteiger partial charge in [0.15, 0.2) is 0 Å². The Morgan fingerprint density at radius 1 is 1.67 bits per heavy atom. The molecule has 0 heterocycles. The lowest BCUT2D eigenvalue weighted by atomic mass is 9.82. The molecule has 0 aliphatic heterocycles. The first kappa shape index (κ1) is 10.4. The third kappa shape index (κ3) is 1.49. The lowest BCUT2D eigenvalue weighted by Gasteiger charge is -2.22. The quantitative estimate of drug-likeness (QED) is 0.745. The van der Waals surface area contributed by atoms with Gasteiger partial charge in [0.25, 0.3) is 0 Å². The van der Waals surface area contributed by atoms with Crippen LogP contribution in [0.1, 0.15) is 12.8 Å². The minimum absolute atomic E-state index is 0.137. The molecular weight excluding hydrogens is 199 g/mol. The van der Waals surface area contributed by atoms with Crippen molar-refractivity contribution >= 4 is 5.97 Å². The highest BCUT2D eigenvalue weighted by Crippen LogP contribution is 2.60. The normalized spacial score (nSPS) is 38.7. The van der Waals surface area contributed by atoms with Crippen molar-refractivity contribution in [1.29, 1.82) is 0 Å². The van der Waals surface area contributed by atoms with Crippen LogP contribution >= 0.6 is 0 Å². The molecule has 2 rings (SSSR count). The van der Waals surface area contributed by atoms with Crippen LogP contribution < -0.4 is 0 Å². The zero-order valence-electron chi connectivity index (χ0n) is 8.19. The summed E-state index contributed by atoms with van der Waals surface area (Å²) in [6, 6.07) is 0. The summed E-state index contributed by atoms with van der Waals surface area (Å²) in [5, 5.41) is 18.1. The summed E-state index contributed by atoms with van der Waals surface area (Å²) in [5.41, 5.74) is -0.934. The number of halogens is 1. The smallest absolute Gasteiger partial charge is 0.310 e. The van der Waals surface area contributed by atoms with Gasteiger partial charge in [-0.3, -0.25) is 4.79 Å². The molecule has 15 heavy (non-hydrogen) atoms. The maximum atomic E-state index is 13.0. The Balaban J connectivity index is 2.19. The molecule has 3 nitrogen and oxygen atoms in total. The second kappa shape index (κ2) is 3.45. The van der Waals surface area contributed by atoms with Crippen LogP contribution in [0.5, 0.6) is 0 Å². The van der Waals surface area contributed by atoms with Gasteiger partial charge >= 0.3 is 5.97 Å². The number of carboxylic acid groups (broad SMARTS) is 1. The zero-order chi connectivity index (χ0) is 11.1. The monoisotopic (exact) mass is 212 g/mol. The minimum Gasteiger partial charge on any atom is -0.481 e. The maximum Gasteiger partial charge on any atom is 0.310 e. The molecule has 82 valence electrons. The van der Waals surface area contributed by atoms with E-state index in [4.69, 9.17) is 10.2 Å². The van der Waals surface area contributed by atoms with Crippen molar-refractivity contribution in [2.24, 2.45) is 17.3 Å². The minimum atomic E-state index is -0.934. The Labute approximate surface area is 86.9 Å². The van der Waals surface area contributed by atoms with Crippen molar-refractivity contribution < 1.29 is 19.4 Å². The highest BCUT2D eigenvalue weighted by Gasteiger charge is 2.63. The molecule has 0 aromatic rings. The summed E-state index contributed by atoms with van der Waals surface area (Å²) in [7, 11) is 0. The van der Waals surface area contributed by atoms with E-state index in [0.717, 1.165) is 0 Å². The van der Waals surface area contributed by atoms with Crippen LogP contribution in [0.3, 0.4) is 0 Å². The SMILES string of the molecule is O=C(O)[C@@]1(C2C=CC=C(F)C2)C[C@H]1CO. The van der Waals surface area contributed by atoms with Crippen LogP contribution in [0.25, 0.3) is 0 Å². The molecule has 2 aliphatic rings. The van der Waals surface area contributed by atoms with E-state index in [1.807, 2.05) is 0 Å². The largest absolute Gasteiger partial charge is 0.481 e. The number of rotatable bonds is 3. The molecule has 0 spiro atoms. The summed E-state index contributed by atoms with van der Waals surface area (Å²) < 4.78 is 13.0. The average molecular weight is 212 g/mol. The van der Waals surface area contributed by atoms with Crippen LogP contribution in [0.15, 0.2) is 24.1 Å². The molecule has 0 aromatic carbocycles. The van der Waals surface area contributed by atoms with Crippen molar-refractivity contribution in [1.82, 2.24) is 0 Å². The van der Waals surface area contributed by atoms with Gasteiger partial charge in [0, 0.05) is 13.0 Å². The Bertz CT molecular complexity index is 348. The fraction of sp³-hybridized carbons (Fsp3) is 0.545. The van der Waals surface area contributed by atoms with Crippen molar-refractivity contribution in [3.8, 4) is 0 Å². The highest BCUT2D eigenvalue weighted by atomic mass is 19.1. The molecule has 1 saturated carbocycles. The predicted molar refractivity (Wildman–Crippen MR) is 51.7 cm³/mol. The number of hydrogen-bond acceptors (Lipinski definition) is 2. The van der Waals surface area contributed by atoms with E-state index < -0.39 is 11.4 Å². The number of hydrogen-bond donors (Lipinski definition) is 2. The first-order valence-corrected chi connectivity index (χ1v) is 4.98. The summed E-state index contributed by atoms with van der Waals surface area (Å²) in [5.74, 6) is -1.76. The van der Waals surface area contributed by atoms with E-state index in [0.29, 0.717) is 6.42 Å². The van der Waals surface area contributed by atoms with Crippen molar-refractivity contribution in [3.05, 3.63) is 24.1 Å². The maximum absolute atomic E-state index is 13.0. The van der Waals surface area contributed by atoms with Gasteiger partial charge in [-0.1, -0.05) is 12.2 Å². The molecule has 1 unspecified atom stereocenters. The molecule has 0 bridgehead atoms. The van der Waals surface area contributed by atoms with E-state index in [-0.39, 0.29) is 30.7 Å². The van der Waals surface area contributed by atoms with Crippen LogP contribution in [0, 0.1) is 17.3 Å². The molecule has 3 atom stereocenters. The Morgan fingerprint density at radius 3 is 2.87 bits per heavy atom. The number of aliphatic carboxylic acids is 1. The molecule has 0 saturated heterocycles. The van der Waals surface area contributed by atoms with Crippen LogP contribution in [-0.4, -0.2) is 22.8 Å². The van der Waals surface area contributed by atoms with Crippen molar-refractivity contribution in [2.45, 2.75) is 12.8 Å². The number of aliphatic hydroxyl groups is 1. The number of aliphatic hydroxyl groups excluding tert-OH is 1. The Hall–Kier alpha value is -1.16. The first-order chi connectivity index (χ1) is 7.11. The summed E-state index contributed by atoms with van der Waals surface area (Å²) in [6.07, 6.45) is 5.22. The molecule has 0 aromatic heterocycles. The van der Waals surface area contributed by atoms with Gasteiger partial charge in [-0.15, -0.1) is 0 Å². The number of allylic oxidation sites excluding steroid dienone is 4. The summed E-state index contributed by atoms with van der Waals surface area (Å²) in [6.45, 7) is -0.137. The summed E-state index contributed by atoms with van der Waals surface area (Å²) in [4.78, 5) is 11.2. The molecular formula is C11H13FO3. The highest BCUT2D eigenvalue weighted by molar-refractivity contribution is 5.79. The Morgan fingerprint density at radius 2 is 2.40 bits per heavy atom. The predicted octanol–water partition coefficient (Wildman–Crippen LogP) is 1.50. The van der Waals surface area contributed by atoms with E-state index >= 15 is 0 Å². The van der Waals surface area contributed by atoms with Crippen LogP contribution in [0.2, 0.25) is 0 Å². The van der Waals surface area contributed by atoms with Gasteiger partial charge in [0.05, 0.1) is 5.41 Å². The van der Waals surface area contributed by atoms with E-state index in [2.05, 4.69) is 0 Å². The summed E-state index contributed by atoms with van der Waals surface area (Å²) >= 11 is 0. The van der Waals surface area contributed by atoms with E-state index in [9.17, 15) is 9.18 Å². The second-order valence-electron chi connectivity index (χ2n) is 4.24. The number of carbonyl (C=O) groups is 1. The molecule has 1 fully saturated rings. The van der Waals surface area contributed by atoms with Crippen LogP contribution in [-0.2, 0) is 4.79 Å². The van der Waals surface area contributed by atoms with Gasteiger partial charge in [-0.2, -0.15) is 0 Å². The first-order valence-electron chi connectivity index (χ1n) is 4.98. The lowest BCUT2D eigenvalue weighted by molar-refractivity contribution is -0.146. The number of carboxylic acids is 1. The van der Waals surface area contributed by atoms with Crippen molar-refractivity contribution in [3.63, 3.8) is 0 Å². The Kier molecular flexibility index (Phi) is 2.38. The molecule has 0 radical (unpaired) electrons.